The van der Waals surface area contributed by atoms with E-state index in [-0.39, 0.29) is 11.2 Å². The number of allylic oxidation sites excluding steroid dienone is 1. The standard InChI is InChI=1S/C19H25NO2/c1-19(2,3)12-7-6-8-13-20(4)15-18(21)16-10-9-11-17(14-16)22-5/h6,8-11,14H,13,15H2,1-5H3/b8-6+. The van der Waals surface area contributed by atoms with Gasteiger partial charge in [0.25, 0.3) is 0 Å². The molecule has 0 spiro atoms. The molecule has 3 nitrogen and oxygen atoms in total. The predicted octanol–water partition coefficient (Wildman–Crippen LogP) is 3.42. The Balaban J connectivity index is 2.50. The molecule has 0 aliphatic rings. The van der Waals surface area contributed by atoms with E-state index < -0.39 is 0 Å². The molecule has 0 heterocycles. The maximum atomic E-state index is 12.2. The highest BCUT2D eigenvalue weighted by atomic mass is 16.5. The fraction of sp³-hybridized carbons (Fsp3) is 0.421. The first kappa shape index (κ1) is 18.0. The minimum absolute atomic E-state index is 0.0125. The van der Waals surface area contributed by atoms with E-state index in [4.69, 9.17) is 4.74 Å². The van der Waals surface area contributed by atoms with E-state index >= 15 is 0 Å². The van der Waals surface area contributed by atoms with Gasteiger partial charge in [-0.25, -0.2) is 0 Å². The molecule has 118 valence electrons. The van der Waals surface area contributed by atoms with Crippen LogP contribution in [0.25, 0.3) is 0 Å². The van der Waals surface area contributed by atoms with Crippen LogP contribution in [0.2, 0.25) is 0 Å². The van der Waals surface area contributed by atoms with Gasteiger partial charge in [0.1, 0.15) is 5.75 Å². The fourth-order valence-corrected chi connectivity index (χ4v) is 1.75. The molecule has 0 amide bonds. The van der Waals surface area contributed by atoms with E-state index in [2.05, 4.69) is 32.6 Å². The molecule has 1 aromatic carbocycles. The smallest absolute Gasteiger partial charge is 0.176 e. The molecule has 3 heteroatoms. The monoisotopic (exact) mass is 299 g/mol. The summed E-state index contributed by atoms with van der Waals surface area (Å²) >= 11 is 0. The van der Waals surface area contributed by atoms with Crippen molar-refractivity contribution in [3.63, 3.8) is 0 Å². The Bertz CT molecular complexity index is 585. The van der Waals surface area contributed by atoms with Crippen LogP contribution < -0.4 is 4.74 Å². The van der Waals surface area contributed by atoms with Crippen molar-refractivity contribution >= 4 is 5.78 Å². The third kappa shape index (κ3) is 7.10. The second-order valence-electron chi connectivity index (χ2n) is 6.27. The van der Waals surface area contributed by atoms with Crippen LogP contribution in [0.4, 0.5) is 0 Å². The zero-order valence-corrected chi connectivity index (χ0v) is 14.1. The van der Waals surface area contributed by atoms with Gasteiger partial charge in [-0.05, 0) is 46.0 Å². The molecule has 0 saturated carbocycles. The molecule has 22 heavy (non-hydrogen) atoms. The Hall–Kier alpha value is -2.05. The molecule has 0 aliphatic heterocycles. The Morgan fingerprint density at radius 1 is 1.36 bits per heavy atom. The lowest BCUT2D eigenvalue weighted by Gasteiger charge is -2.13. The minimum atomic E-state index is 0.0125. The number of ether oxygens (including phenoxy) is 1. The molecule has 0 aromatic heterocycles. The maximum absolute atomic E-state index is 12.2. The lowest BCUT2D eigenvalue weighted by Crippen LogP contribution is -2.26. The molecule has 0 saturated heterocycles. The van der Waals surface area contributed by atoms with Crippen molar-refractivity contribution in [1.82, 2.24) is 4.90 Å². The predicted molar refractivity (Wildman–Crippen MR) is 91.2 cm³/mol. The van der Waals surface area contributed by atoms with Gasteiger partial charge >= 0.3 is 0 Å². The first-order valence-corrected chi connectivity index (χ1v) is 7.35. The Kier molecular flexibility index (Phi) is 6.88. The highest BCUT2D eigenvalue weighted by molar-refractivity contribution is 5.97. The molecule has 0 aliphatic carbocycles. The highest BCUT2D eigenvalue weighted by Gasteiger charge is 2.09. The molecule has 0 unspecified atom stereocenters. The zero-order chi connectivity index (χ0) is 16.6. The number of ketones is 1. The van der Waals surface area contributed by atoms with Crippen LogP contribution in [0.15, 0.2) is 36.4 Å². The molecule has 0 radical (unpaired) electrons. The van der Waals surface area contributed by atoms with Gasteiger partial charge in [-0.2, -0.15) is 0 Å². The summed E-state index contributed by atoms with van der Waals surface area (Å²) in [5.74, 6) is 6.94. The largest absolute Gasteiger partial charge is 0.497 e. The van der Waals surface area contributed by atoms with Gasteiger partial charge in [-0.3, -0.25) is 9.69 Å². The van der Waals surface area contributed by atoms with E-state index in [0.717, 1.165) is 0 Å². The van der Waals surface area contributed by atoms with Crippen LogP contribution in [0, 0.1) is 17.3 Å². The van der Waals surface area contributed by atoms with Gasteiger partial charge in [-0.1, -0.05) is 30.0 Å². The summed E-state index contributed by atoms with van der Waals surface area (Å²) in [6, 6.07) is 7.23. The molecule has 0 N–H and O–H groups in total. The number of carbonyl (C=O) groups excluding carboxylic acids is 1. The summed E-state index contributed by atoms with van der Waals surface area (Å²) in [6.07, 6.45) is 3.81. The van der Waals surface area contributed by atoms with E-state index in [1.807, 2.05) is 42.3 Å². The van der Waals surface area contributed by atoms with Gasteiger partial charge in [-0.15, -0.1) is 0 Å². The summed E-state index contributed by atoms with van der Waals surface area (Å²) in [4.78, 5) is 14.1. The van der Waals surface area contributed by atoms with Crippen molar-refractivity contribution in [3.8, 4) is 17.6 Å². The topological polar surface area (TPSA) is 29.5 Å². The Labute approximate surface area is 134 Å². The van der Waals surface area contributed by atoms with Crippen molar-refractivity contribution in [3.05, 3.63) is 42.0 Å². The van der Waals surface area contributed by atoms with Crippen molar-refractivity contribution in [2.24, 2.45) is 5.41 Å². The number of hydrogen-bond acceptors (Lipinski definition) is 3. The summed E-state index contributed by atoms with van der Waals surface area (Å²) in [5.41, 5.74) is 0.682. The number of carbonyl (C=O) groups is 1. The second-order valence-corrected chi connectivity index (χ2v) is 6.27. The Morgan fingerprint density at radius 3 is 2.73 bits per heavy atom. The minimum Gasteiger partial charge on any atom is -0.497 e. The maximum Gasteiger partial charge on any atom is 0.176 e. The normalized spacial score (nSPS) is 11.4. The summed E-state index contributed by atoms with van der Waals surface area (Å²) in [5, 5.41) is 0. The summed E-state index contributed by atoms with van der Waals surface area (Å²) < 4.78 is 5.14. The molecular weight excluding hydrogens is 274 g/mol. The number of nitrogens with zero attached hydrogens (tertiary/aromatic N) is 1. The summed E-state index contributed by atoms with van der Waals surface area (Å²) in [6.45, 7) is 7.28. The van der Waals surface area contributed by atoms with Gasteiger partial charge in [0, 0.05) is 17.5 Å². The zero-order valence-electron chi connectivity index (χ0n) is 14.1. The second kappa shape index (κ2) is 8.41. The van der Waals surface area contributed by atoms with E-state index in [1.165, 1.54) is 0 Å². The lowest BCUT2D eigenvalue weighted by atomic mass is 9.98. The number of hydrogen-bond donors (Lipinski definition) is 0. The first-order chi connectivity index (χ1) is 10.3. The quantitative estimate of drug-likeness (QED) is 0.595. The Morgan fingerprint density at radius 2 is 2.09 bits per heavy atom. The molecule has 1 rings (SSSR count). The third-order valence-corrected chi connectivity index (χ3v) is 2.87. The van der Waals surface area contributed by atoms with Crippen molar-refractivity contribution in [1.29, 1.82) is 0 Å². The number of likely N-dealkylation sites (N-methyl/N-ethyl adjacent to an activating group) is 1. The fourth-order valence-electron chi connectivity index (χ4n) is 1.75. The average Bonchev–Trinajstić information content (AvgIpc) is 2.45. The van der Waals surface area contributed by atoms with Gasteiger partial charge in [0.05, 0.1) is 13.7 Å². The number of rotatable bonds is 6. The molecule has 1 aromatic rings. The average molecular weight is 299 g/mol. The van der Waals surface area contributed by atoms with Crippen LogP contribution in [0.1, 0.15) is 31.1 Å². The molecule has 0 atom stereocenters. The molecular formula is C19H25NO2. The van der Waals surface area contributed by atoms with Crippen LogP contribution in [-0.2, 0) is 0 Å². The van der Waals surface area contributed by atoms with E-state index in [0.29, 0.717) is 24.4 Å². The summed E-state index contributed by atoms with van der Waals surface area (Å²) in [7, 11) is 3.51. The van der Waals surface area contributed by atoms with Crippen molar-refractivity contribution in [2.45, 2.75) is 20.8 Å². The van der Waals surface area contributed by atoms with Crippen molar-refractivity contribution < 1.29 is 9.53 Å². The van der Waals surface area contributed by atoms with Gasteiger partial charge in [0.2, 0.25) is 0 Å². The van der Waals surface area contributed by atoms with Crippen molar-refractivity contribution in [2.75, 3.05) is 27.2 Å². The van der Waals surface area contributed by atoms with Crippen LogP contribution in [0.3, 0.4) is 0 Å². The number of benzene rings is 1. The molecule has 0 bridgehead atoms. The van der Waals surface area contributed by atoms with Gasteiger partial charge in [0.15, 0.2) is 5.78 Å². The SMILES string of the molecule is COc1cccc(C(=O)CN(C)C/C=C/C#CC(C)(C)C)c1. The van der Waals surface area contributed by atoms with Crippen LogP contribution in [0.5, 0.6) is 5.75 Å². The number of Topliss-reactive ketones (excluding diaryl/α,β-unsaturated/α-hetero) is 1. The highest BCUT2D eigenvalue weighted by Crippen LogP contribution is 2.13. The van der Waals surface area contributed by atoms with E-state index in [1.54, 1.807) is 13.2 Å². The van der Waals surface area contributed by atoms with Crippen LogP contribution >= 0.6 is 0 Å². The first-order valence-electron chi connectivity index (χ1n) is 7.35. The number of methoxy groups -OCH3 is 1. The molecule has 0 fully saturated rings. The van der Waals surface area contributed by atoms with Gasteiger partial charge < -0.3 is 4.74 Å². The van der Waals surface area contributed by atoms with Crippen LogP contribution in [-0.4, -0.2) is 37.9 Å². The lowest BCUT2D eigenvalue weighted by molar-refractivity contribution is 0.0951. The van der Waals surface area contributed by atoms with E-state index in [9.17, 15) is 4.79 Å². The third-order valence-electron chi connectivity index (χ3n) is 2.87.